The molecule has 1 N–H and O–H groups in total. The minimum Gasteiger partial charge on any atom is -0.300 e. The van der Waals surface area contributed by atoms with Gasteiger partial charge in [0, 0.05) is 10.9 Å². The third-order valence-electron chi connectivity index (χ3n) is 5.71. The van der Waals surface area contributed by atoms with Crippen molar-refractivity contribution in [2.75, 3.05) is 5.32 Å². The molecule has 3 amide bonds. The maximum Gasteiger partial charge on any atom is 0.249 e. The number of nitrogens with zero attached hydrogens (tertiary/aromatic N) is 2. The lowest BCUT2D eigenvalue weighted by Crippen LogP contribution is -2.46. The first-order chi connectivity index (χ1) is 13.9. The average molecular weight is 410 g/mol. The van der Waals surface area contributed by atoms with Crippen molar-refractivity contribution in [2.45, 2.75) is 39.7 Å². The Hall–Kier alpha value is -2.80. The van der Waals surface area contributed by atoms with Gasteiger partial charge in [0.15, 0.2) is 5.13 Å². The zero-order chi connectivity index (χ0) is 20.7. The first-order valence-electron chi connectivity index (χ1n) is 9.72. The van der Waals surface area contributed by atoms with Gasteiger partial charge < -0.3 is 5.32 Å². The van der Waals surface area contributed by atoms with Gasteiger partial charge in [0.1, 0.15) is 6.04 Å². The number of rotatable bonds is 4. The number of anilines is 1. The number of carbonyl (C=O) groups excluding carboxylic acids is 3. The summed E-state index contributed by atoms with van der Waals surface area (Å²) in [6.07, 6.45) is 4.99. The van der Waals surface area contributed by atoms with E-state index < -0.39 is 11.9 Å². The molecule has 1 aliphatic carbocycles. The van der Waals surface area contributed by atoms with Gasteiger partial charge in [-0.15, -0.1) is 11.3 Å². The summed E-state index contributed by atoms with van der Waals surface area (Å²) >= 11 is 1.33. The van der Waals surface area contributed by atoms with Gasteiger partial charge in [-0.2, -0.15) is 0 Å². The fourth-order valence-corrected chi connectivity index (χ4v) is 4.71. The van der Waals surface area contributed by atoms with Gasteiger partial charge in [-0.05, 0) is 45.2 Å². The van der Waals surface area contributed by atoms with Crippen molar-refractivity contribution in [3.63, 3.8) is 0 Å². The van der Waals surface area contributed by atoms with Gasteiger partial charge in [0.25, 0.3) is 0 Å². The summed E-state index contributed by atoms with van der Waals surface area (Å²) in [5.74, 6) is -1.57. The predicted molar refractivity (Wildman–Crippen MR) is 112 cm³/mol. The van der Waals surface area contributed by atoms with Gasteiger partial charge in [-0.1, -0.05) is 29.8 Å². The highest BCUT2D eigenvalue weighted by Crippen LogP contribution is 2.36. The number of amides is 3. The molecule has 1 aromatic heterocycles. The Morgan fingerprint density at radius 3 is 2.48 bits per heavy atom. The Labute approximate surface area is 173 Å². The van der Waals surface area contributed by atoms with Crippen LogP contribution in [0, 0.1) is 25.7 Å². The molecule has 2 aliphatic rings. The van der Waals surface area contributed by atoms with Crippen LogP contribution in [-0.4, -0.2) is 33.6 Å². The Bertz CT molecular complexity index is 1000. The van der Waals surface area contributed by atoms with E-state index in [4.69, 9.17) is 0 Å². The molecule has 1 fully saturated rings. The molecule has 1 aliphatic heterocycles. The van der Waals surface area contributed by atoms with E-state index in [9.17, 15) is 14.4 Å². The van der Waals surface area contributed by atoms with E-state index in [1.807, 2.05) is 43.5 Å². The summed E-state index contributed by atoms with van der Waals surface area (Å²) in [6.45, 7) is 5.64. The highest BCUT2D eigenvalue weighted by atomic mass is 32.1. The monoisotopic (exact) mass is 409 g/mol. The topological polar surface area (TPSA) is 79.4 Å². The molecule has 6 nitrogen and oxygen atoms in total. The van der Waals surface area contributed by atoms with Gasteiger partial charge >= 0.3 is 0 Å². The number of hydrogen-bond acceptors (Lipinski definition) is 5. The Balaban J connectivity index is 1.49. The van der Waals surface area contributed by atoms with E-state index >= 15 is 0 Å². The third kappa shape index (κ3) is 3.51. The number of aryl methyl sites for hydroxylation is 2. The number of imide groups is 1. The summed E-state index contributed by atoms with van der Waals surface area (Å²) in [5, 5.41) is 5.12. The molecule has 4 rings (SSSR count). The quantitative estimate of drug-likeness (QED) is 0.617. The second-order valence-electron chi connectivity index (χ2n) is 7.72. The van der Waals surface area contributed by atoms with Crippen molar-refractivity contribution >= 4 is 34.2 Å². The standard InChI is InChI=1S/C22H23N3O3S/c1-12-8-9-13(2)17(10-12)18-11-29-22(23-18)24-19(26)14(3)25-20(27)15-6-4-5-7-16(15)21(25)28/h4-5,8-11,14-16H,6-7H2,1-3H3,(H,23,24,26)/t14-,15-,16+/m0/s1. The minimum absolute atomic E-state index is 0.248. The molecule has 0 unspecified atom stereocenters. The summed E-state index contributed by atoms with van der Waals surface area (Å²) in [4.78, 5) is 43.8. The molecule has 0 radical (unpaired) electrons. The van der Waals surface area contributed by atoms with Crippen LogP contribution >= 0.6 is 11.3 Å². The smallest absolute Gasteiger partial charge is 0.249 e. The number of thiazole rings is 1. The lowest BCUT2D eigenvalue weighted by atomic mass is 9.85. The molecule has 2 aromatic rings. The fourth-order valence-electron chi connectivity index (χ4n) is 4.00. The maximum atomic E-state index is 12.8. The summed E-state index contributed by atoms with van der Waals surface area (Å²) < 4.78 is 0. The number of hydrogen-bond donors (Lipinski definition) is 1. The molecule has 150 valence electrons. The lowest BCUT2D eigenvalue weighted by Gasteiger charge is -2.21. The first-order valence-corrected chi connectivity index (χ1v) is 10.6. The van der Waals surface area contributed by atoms with Gasteiger partial charge in [-0.3, -0.25) is 19.3 Å². The van der Waals surface area contributed by atoms with Crippen LogP contribution in [0.25, 0.3) is 11.3 Å². The average Bonchev–Trinajstić information content (AvgIpc) is 3.26. The fraction of sp³-hybridized carbons (Fsp3) is 0.364. The van der Waals surface area contributed by atoms with Crippen LogP contribution in [0.4, 0.5) is 5.13 Å². The lowest BCUT2D eigenvalue weighted by molar-refractivity contribution is -0.146. The second-order valence-corrected chi connectivity index (χ2v) is 8.58. The normalized spacial score (nSPS) is 22.0. The molecular formula is C22H23N3O3S. The molecule has 0 saturated carbocycles. The summed E-state index contributed by atoms with van der Waals surface area (Å²) in [5.41, 5.74) is 4.07. The molecule has 2 heterocycles. The number of aromatic nitrogens is 1. The summed E-state index contributed by atoms with van der Waals surface area (Å²) in [6, 6.07) is 5.29. The Morgan fingerprint density at radius 2 is 1.83 bits per heavy atom. The van der Waals surface area contributed by atoms with Crippen LogP contribution in [-0.2, 0) is 14.4 Å². The number of carbonyl (C=O) groups is 3. The molecule has 0 spiro atoms. The molecule has 1 saturated heterocycles. The van der Waals surface area contributed by atoms with Crippen LogP contribution < -0.4 is 5.32 Å². The number of allylic oxidation sites excluding steroid dienone is 2. The van der Waals surface area contributed by atoms with Crippen molar-refractivity contribution in [1.82, 2.24) is 9.88 Å². The number of likely N-dealkylation sites (tertiary alicyclic amines) is 1. The number of benzene rings is 1. The molecule has 1 aromatic carbocycles. The highest BCUT2D eigenvalue weighted by Gasteiger charge is 2.50. The Morgan fingerprint density at radius 1 is 1.17 bits per heavy atom. The van der Waals surface area contributed by atoms with Gasteiger partial charge in [-0.25, -0.2) is 4.98 Å². The predicted octanol–water partition coefficient (Wildman–Crippen LogP) is 3.71. The van der Waals surface area contributed by atoms with Crippen LogP contribution in [0.2, 0.25) is 0 Å². The minimum atomic E-state index is -0.867. The Kier molecular flexibility index (Phi) is 5.08. The van der Waals surface area contributed by atoms with Crippen LogP contribution in [0.5, 0.6) is 0 Å². The van der Waals surface area contributed by atoms with E-state index in [0.717, 1.165) is 27.3 Å². The van der Waals surface area contributed by atoms with Crippen LogP contribution in [0.1, 0.15) is 30.9 Å². The van der Waals surface area contributed by atoms with Crippen LogP contribution in [0.3, 0.4) is 0 Å². The number of nitrogens with one attached hydrogen (secondary N) is 1. The number of fused-ring (bicyclic) bond motifs is 1. The first kappa shape index (κ1) is 19.5. The van der Waals surface area contributed by atoms with E-state index in [1.165, 1.54) is 11.3 Å². The SMILES string of the molecule is Cc1ccc(C)c(-c2csc(NC(=O)[C@H](C)N3C(=O)[C@H]4CC=CC[C@H]4C3=O)n2)c1. The van der Waals surface area contributed by atoms with E-state index in [1.54, 1.807) is 6.92 Å². The van der Waals surface area contributed by atoms with Crippen molar-refractivity contribution in [2.24, 2.45) is 11.8 Å². The van der Waals surface area contributed by atoms with Gasteiger partial charge in [0.05, 0.1) is 17.5 Å². The van der Waals surface area contributed by atoms with Crippen LogP contribution in [0.15, 0.2) is 35.7 Å². The van der Waals surface area contributed by atoms with E-state index in [2.05, 4.69) is 16.4 Å². The van der Waals surface area contributed by atoms with Crippen molar-refractivity contribution < 1.29 is 14.4 Å². The molecule has 0 bridgehead atoms. The molecular weight excluding hydrogens is 386 g/mol. The highest BCUT2D eigenvalue weighted by molar-refractivity contribution is 7.14. The second kappa shape index (κ2) is 7.55. The third-order valence-corrected chi connectivity index (χ3v) is 6.47. The molecule has 7 heteroatoms. The summed E-state index contributed by atoms with van der Waals surface area (Å²) in [7, 11) is 0. The van der Waals surface area contributed by atoms with E-state index in [-0.39, 0.29) is 23.7 Å². The zero-order valence-corrected chi connectivity index (χ0v) is 17.5. The molecule has 29 heavy (non-hydrogen) atoms. The zero-order valence-electron chi connectivity index (χ0n) is 16.6. The largest absolute Gasteiger partial charge is 0.300 e. The molecule has 3 atom stereocenters. The van der Waals surface area contributed by atoms with E-state index in [0.29, 0.717) is 18.0 Å². The van der Waals surface area contributed by atoms with Crippen molar-refractivity contribution in [3.8, 4) is 11.3 Å². The van der Waals surface area contributed by atoms with Gasteiger partial charge in [0.2, 0.25) is 17.7 Å². The maximum absolute atomic E-state index is 12.8. The van der Waals surface area contributed by atoms with Crippen molar-refractivity contribution in [3.05, 3.63) is 46.9 Å². The van der Waals surface area contributed by atoms with Crippen molar-refractivity contribution in [1.29, 1.82) is 0 Å².